The zero-order valence-corrected chi connectivity index (χ0v) is 8.01. The molecule has 0 radical (unpaired) electrons. The van der Waals surface area contributed by atoms with E-state index in [1.165, 1.54) is 0 Å². The number of sulfone groups is 1. The number of hydrogen-bond acceptors (Lipinski definition) is 4. The molecule has 0 saturated carbocycles. The lowest BCUT2D eigenvalue weighted by Gasteiger charge is -2.07. The van der Waals surface area contributed by atoms with Crippen molar-refractivity contribution >= 4 is 15.7 Å². The van der Waals surface area contributed by atoms with E-state index in [1.807, 2.05) is 0 Å². The SMILES string of the molecule is O=C(NCCO)C1CCS(=O)(=O)C1. The Balaban J connectivity index is 2.42. The largest absolute Gasteiger partial charge is 0.395 e. The molecule has 1 unspecified atom stereocenters. The summed E-state index contributed by atoms with van der Waals surface area (Å²) in [5.41, 5.74) is 0. The van der Waals surface area contributed by atoms with Gasteiger partial charge in [0.1, 0.15) is 0 Å². The highest BCUT2D eigenvalue weighted by Gasteiger charge is 2.32. The van der Waals surface area contributed by atoms with E-state index in [2.05, 4.69) is 5.32 Å². The first kappa shape index (κ1) is 10.5. The first-order chi connectivity index (χ1) is 6.05. The summed E-state index contributed by atoms with van der Waals surface area (Å²) in [5.74, 6) is -0.638. The number of carbonyl (C=O) groups is 1. The van der Waals surface area contributed by atoms with E-state index in [0.717, 1.165) is 0 Å². The van der Waals surface area contributed by atoms with Crippen molar-refractivity contribution in [2.45, 2.75) is 6.42 Å². The van der Waals surface area contributed by atoms with E-state index in [1.54, 1.807) is 0 Å². The van der Waals surface area contributed by atoms with Crippen LogP contribution >= 0.6 is 0 Å². The number of aliphatic hydroxyl groups excluding tert-OH is 1. The second-order valence-electron chi connectivity index (χ2n) is 3.11. The van der Waals surface area contributed by atoms with Crippen molar-refractivity contribution in [3.63, 3.8) is 0 Å². The van der Waals surface area contributed by atoms with Gasteiger partial charge in [0.05, 0.1) is 24.0 Å². The highest BCUT2D eigenvalue weighted by molar-refractivity contribution is 7.91. The number of hydrogen-bond donors (Lipinski definition) is 2. The Morgan fingerprint density at radius 1 is 1.54 bits per heavy atom. The fourth-order valence-corrected chi connectivity index (χ4v) is 3.07. The zero-order chi connectivity index (χ0) is 9.90. The third-order valence-corrected chi connectivity index (χ3v) is 3.78. The van der Waals surface area contributed by atoms with Gasteiger partial charge in [-0.05, 0) is 6.42 Å². The Morgan fingerprint density at radius 3 is 2.69 bits per heavy atom. The summed E-state index contributed by atoms with van der Waals surface area (Å²) in [4.78, 5) is 11.2. The number of rotatable bonds is 3. The van der Waals surface area contributed by atoms with Crippen LogP contribution in [0.4, 0.5) is 0 Å². The van der Waals surface area contributed by atoms with Gasteiger partial charge in [0, 0.05) is 6.54 Å². The first-order valence-corrected chi connectivity index (χ1v) is 5.96. The molecule has 0 bridgehead atoms. The molecule has 2 N–H and O–H groups in total. The second kappa shape index (κ2) is 4.06. The van der Waals surface area contributed by atoms with Crippen LogP contribution in [0.2, 0.25) is 0 Å². The van der Waals surface area contributed by atoms with Crippen molar-refractivity contribution < 1.29 is 18.3 Å². The molecule has 1 atom stereocenters. The highest BCUT2D eigenvalue weighted by atomic mass is 32.2. The van der Waals surface area contributed by atoms with Gasteiger partial charge < -0.3 is 10.4 Å². The molecule has 1 aliphatic rings. The lowest BCUT2D eigenvalue weighted by molar-refractivity contribution is -0.124. The summed E-state index contributed by atoms with van der Waals surface area (Å²) in [6, 6.07) is 0. The van der Waals surface area contributed by atoms with Gasteiger partial charge in [0.25, 0.3) is 0 Å². The topological polar surface area (TPSA) is 83.5 Å². The maximum atomic E-state index is 11.2. The monoisotopic (exact) mass is 207 g/mol. The Morgan fingerprint density at radius 2 is 2.23 bits per heavy atom. The fraction of sp³-hybridized carbons (Fsp3) is 0.857. The van der Waals surface area contributed by atoms with Crippen molar-refractivity contribution in [3.8, 4) is 0 Å². The molecule has 0 aromatic heterocycles. The van der Waals surface area contributed by atoms with Crippen LogP contribution in [0, 0.1) is 5.92 Å². The number of amides is 1. The van der Waals surface area contributed by atoms with Gasteiger partial charge in [0.2, 0.25) is 5.91 Å². The molecule has 0 aromatic rings. The summed E-state index contributed by atoms with van der Waals surface area (Å²) < 4.78 is 22.0. The number of carbonyl (C=O) groups excluding carboxylic acids is 1. The van der Waals surface area contributed by atoms with E-state index < -0.39 is 15.8 Å². The van der Waals surface area contributed by atoms with Gasteiger partial charge in [-0.25, -0.2) is 8.42 Å². The van der Waals surface area contributed by atoms with Crippen LogP contribution in [0.1, 0.15) is 6.42 Å². The molecular formula is C7H13NO4S. The fourth-order valence-electron chi connectivity index (χ4n) is 1.33. The van der Waals surface area contributed by atoms with Crippen LogP contribution in [0.15, 0.2) is 0 Å². The average Bonchev–Trinajstić information content (AvgIpc) is 2.42. The van der Waals surface area contributed by atoms with E-state index in [-0.39, 0.29) is 30.6 Å². The first-order valence-electron chi connectivity index (χ1n) is 4.14. The highest BCUT2D eigenvalue weighted by Crippen LogP contribution is 2.17. The van der Waals surface area contributed by atoms with Crippen molar-refractivity contribution in [1.29, 1.82) is 0 Å². The van der Waals surface area contributed by atoms with Crippen molar-refractivity contribution in [2.24, 2.45) is 5.92 Å². The molecule has 0 spiro atoms. The maximum Gasteiger partial charge on any atom is 0.224 e. The van der Waals surface area contributed by atoms with Gasteiger partial charge in [-0.15, -0.1) is 0 Å². The molecule has 1 saturated heterocycles. The molecule has 6 heteroatoms. The third-order valence-electron chi connectivity index (χ3n) is 2.01. The second-order valence-corrected chi connectivity index (χ2v) is 5.34. The average molecular weight is 207 g/mol. The summed E-state index contributed by atoms with van der Waals surface area (Å²) in [6.07, 6.45) is 0.402. The minimum absolute atomic E-state index is 0.0513. The van der Waals surface area contributed by atoms with Gasteiger partial charge >= 0.3 is 0 Å². The molecular weight excluding hydrogens is 194 g/mol. The predicted molar refractivity (Wildman–Crippen MR) is 46.9 cm³/mol. The van der Waals surface area contributed by atoms with Crippen LogP contribution in [0.5, 0.6) is 0 Å². The molecule has 1 aliphatic heterocycles. The van der Waals surface area contributed by atoms with Gasteiger partial charge in [-0.1, -0.05) is 0 Å². The lowest BCUT2D eigenvalue weighted by Crippen LogP contribution is -2.33. The van der Waals surface area contributed by atoms with Crippen molar-refractivity contribution in [1.82, 2.24) is 5.32 Å². The Labute approximate surface area is 77.1 Å². The van der Waals surface area contributed by atoms with Crippen LogP contribution < -0.4 is 5.32 Å². The predicted octanol–water partition coefficient (Wildman–Crippen LogP) is -1.47. The summed E-state index contributed by atoms with van der Waals surface area (Å²) in [7, 11) is -2.99. The molecule has 0 aliphatic carbocycles. The Kier molecular flexibility index (Phi) is 3.27. The van der Waals surface area contributed by atoms with Crippen molar-refractivity contribution in [2.75, 3.05) is 24.7 Å². The maximum absolute atomic E-state index is 11.2. The van der Waals surface area contributed by atoms with Crippen LogP contribution in [-0.2, 0) is 14.6 Å². The molecule has 1 fully saturated rings. The summed E-state index contributed by atoms with van der Waals surface area (Å²) >= 11 is 0. The normalized spacial score (nSPS) is 25.8. The van der Waals surface area contributed by atoms with Crippen LogP contribution in [0.25, 0.3) is 0 Å². The van der Waals surface area contributed by atoms with E-state index in [4.69, 9.17) is 5.11 Å². The summed E-state index contributed by atoms with van der Waals surface area (Å²) in [5, 5.41) is 10.9. The van der Waals surface area contributed by atoms with Gasteiger partial charge in [0.15, 0.2) is 9.84 Å². The third kappa shape index (κ3) is 2.96. The van der Waals surface area contributed by atoms with E-state index >= 15 is 0 Å². The van der Waals surface area contributed by atoms with E-state index in [0.29, 0.717) is 6.42 Å². The van der Waals surface area contributed by atoms with Gasteiger partial charge in [-0.2, -0.15) is 0 Å². The quantitative estimate of drug-likeness (QED) is 0.592. The zero-order valence-electron chi connectivity index (χ0n) is 7.19. The molecule has 1 rings (SSSR count). The minimum atomic E-state index is -2.99. The standard InChI is InChI=1S/C7H13NO4S/c9-3-2-8-7(10)6-1-4-13(11,12)5-6/h6,9H,1-5H2,(H,8,10). The molecule has 5 nitrogen and oxygen atoms in total. The van der Waals surface area contributed by atoms with Crippen LogP contribution in [-0.4, -0.2) is 44.1 Å². The molecule has 13 heavy (non-hydrogen) atoms. The van der Waals surface area contributed by atoms with Crippen LogP contribution in [0.3, 0.4) is 0 Å². The minimum Gasteiger partial charge on any atom is -0.395 e. The molecule has 1 heterocycles. The molecule has 1 amide bonds. The smallest absolute Gasteiger partial charge is 0.224 e. The Bertz CT molecular complexity index is 285. The lowest BCUT2D eigenvalue weighted by atomic mass is 10.1. The Hall–Kier alpha value is -0.620. The summed E-state index contributed by atoms with van der Waals surface area (Å²) in [6.45, 7) is 0.0700. The molecule has 76 valence electrons. The van der Waals surface area contributed by atoms with E-state index in [9.17, 15) is 13.2 Å². The molecule has 0 aromatic carbocycles. The number of aliphatic hydroxyl groups is 1. The van der Waals surface area contributed by atoms with Crippen molar-refractivity contribution in [3.05, 3.63) is 0 Å². The van der Waals surface area contributed by atoms with Gasteiger partial charge in [-0.3, -0.25) is 4.79 Å². The number of nitrogens with one attached hydrogen (secondary N) is 1.